The number of aromatic nitrogens is 3. The molecule has 28 heavy (non-hydrogen) atoms. The molecule has 0 spiro atoms. The van der Waals surface area contributed by atoms with E-state index < -0.39 is 0 Å². The van der Waals surface area contributed by atoms with Crippen LogP contribution in [-0.2, 0) is 6.54 Å². The Kier molecular flexibility index (Phi) is 6.02. The van der Waals surface area contributed by atoms with Gasteiger partial charge in [0.15, 0.2) is 5.82 Å². The first kappa shape index (κ1) is 19.1. The van der Waals surface area contributed by atoms with Crippen LogP contribution in [0, 0.1) is 0 Å². The van der Waals surface area contributed by atoms with Crippen molar-refractivity contribution in [3.63, 3.8) is 0 Å². The van der Waals surface area contributed by atoms with Crippen molar-refractivity contribution in [3.05, 3.63) is 66.0 Å². The average Bonchev–Trinajstić information content (AvgIpc) is 3.24. The number of nitrogens with one attached hydrogen (secondary N) is 1. The van der Waals surface area contributed by atoms with Gasteiger partial charge < -0.3 is 9.88 Å². The number of hydrogen-bond acceptors (Lipinski definition) is 5. The summed E-state index contributed by atoms with van der Waals surface area (Å²) < 4.78 is 2.46. The summed E-state index contributed by atoms with van der Waals surface area (Å²) in [5.74, 6) is 3.11. The van der Waals surface area contributed by atoms with Gasteiger partial charge >= 0.3 is 0 Å². The van der Waals surface area contributed by atoms with Gasteiger partial charge in [-0.25, -0.2) is 0 Å². The molecule has 0 aliphatic carbocycles. The summed E-state index contributed by atoms with van der Waals surface area (Å²) in [5, 5.41) is 11.2. The zero-order valence-corrected chi connectivity index (χ0v) is 17.3. The van der Waals surface area contributed by atoms with Crippen molar-refractivity contribution in [2.24, 2.45) is 0 Å². The smallest absolute Gasteiger partial charge is 0.255 e. The van der Waals surface area contributed by atoms with E-state index in [1.54, 1.807) is 6.33 Å². The predicted molar refractivity (Wildman–Crippen MR) is 118 cm³/mol. The van der Waals surface area contributed by atoms with E-state index in [1.807, 2.05) is 71.4 Å². The predicted octanol–water partition coefficient (Wildman–Crippen LogP) is 5.09. The fourth-order valence-corrected chi connectivity index (χ4v) is 6.02. The molecule has 1 aliphatic rings. The van der Waals surface area contributed by atoms with Gasteiger partial charge in [0.1, 0.15) is 6.33 Å². The normalized spacial score (nSPS) is 14.8. The minimum Gasteiger partial charge on any atom is -0.322 e. The van der Waals surface area contributed by atoms with Crippen molar-refractivity contribution in [1.29, 1.82) is 0 Å². The summed E-state index contributed by atoms with van der Waals surface area (Å²) in [6.07, 6.45) is 2.99. The van der Waals surface area contributed by atoms with Gasteiger partial charge in [0, 0.05) is 23.4 Å². The third kappa shape index (κ3) is 4.25. The van der Waals surface area contributed by atoms with Crippen LogP contribution in [0.1, 0.15) is 33.8 Å². The van der Waals surface area contributed by atoms with Gasteiger partial charge in [-0.2, -0.15) is 0 Å². The Balaban J connectivity index is 1.47. The number of anilines is 1. The highest BCUT2D eigenvalue weighted by Crippen LogP contribution is 2.43. The molecule has 0 saturated carbocycles. The van der Waals surface area contributed by atoms with Crippen LogP contribution in [0.3, 0.4) is 0 Å². The van der Waals surface area contributed by atoms with Crippen LogP contribution >= 0.6 is 23.5 Å². The van der Waals surface area contributed by atoms with Crippen molar-refractivity contribution in [3.8, 4) is 11.4 Å². The highest BCUT2D eigenvalue weighted by atomic mass is 32.2. The van der Waals surface area contributed by atoms with Gasteiger partial charge in [-0.3, -0.25) is 4.79 Å². The van der Waals surface area contributed by atoms with E-state index in [0.29, 0.717) is 10.1 Å². The molecule has 1 aliphatic heterocycles. The Morgan fingerprint density at radius 2 is 1.96 bits per heavy atom. The fraction of sp³-hybridized carbons (Fsp3) is 0.286. The first-order chi connectivity index (χ1) is 13.7. The Morgan fingerprint density at radius 3 is 2.71 bits per heavy atom. The third-order valence-electron chi connectivity index (χ3n) is 4.61. The van der Waals surface area contributed by atoms with Gasteiger partial charge in [-0.1, -0.05) is 24.3 Å². The topological polar surface area (TPSA) is 59.8 Å². The van der Waals surface area contributed by atoms with E-state index in [9.17, 15) is 4.79 Å². The van der Waals surface area contributed by atoms with Crippen LogP contribution in [0.4, 0.5) is 5.69 Å². The molecule has 1 N–H and O–H groups in total. The summed E-state index contributed by atoms with van der Waals surface area (Å²) in [4.78, 5) is 12.7. The molecule has 5 nitrogen and oxygen atoms in total. The van der Waals surface area contributed by atoms with Gasteiger partial charge in [0.05, 0.1) is 4.58 Å². The summed E-state index contributed by atoms with van der Waals surface area (Å²) in [6, 6.07) is 15.7. The largest absolute Gasteiger partial charge is 0.322 e. The van der Waals surface area contributed by atoms with E-state index in [4.69, 9.17) is 0 Å². The van der Waals surface area contributed by atoms with Crippen molar-refractivity contribution >= 4 is 35.1 Å². The maximum absolute atomic E-state index is 12.7. The molecule has 1 fully saturated rings. The first-order valence-corrected chi connectivity index (χ1v) is 11.5. The molecule has 2 aromatic carbocycles. The van der Waals surface area contributed by atoms with Gasteiger partial charge in [-0.15, -0.1) is 33.7 Å². The molecule has 3 aromatic rings. The molecule has 0 atom stereocenters. The minimum atomic E-state index is -0.107. The molecule has 0 unspecified atom stereocenters. The number of benzene rings is 2. The van der Waals surface area contributed by atoms with Crippen molar-refractivity contribution in [2.75, 3.05) is 16.8 Å². The second kappa shape index (κ2) is 8.84. The quantitative estimate of drug-likeness (QED) is 0.635. The number of carbonyl (C=O) groups excluding carboxylic acids is 1. The van der Waals surface area contributed by atoms with E-state index in [-0.39, 0.29) is 5.91 Å². The molecule has 7 heteroatoms. The summed E-state index contributed by atoms with van der Waals surface area (Å²) in [6.45, 7) is 2.84. The van der Waals surface area contributed by atoms with E-state index in [2.05, 4.69) is 27.6 Å². The maximum atomic E-state index is 12.7. The van der Waals surface area contributed by atoms with Gasteiger partial charge in [0.2, 0.25) is 0 Å². The number of thioether (sulfide) groups is 2. The molecule has 1 saturated heterocycles. The number of nitrogens with zero attached hydrogens (tertiary/aromatic N) is 3. The number of amides is 1. The molecular formula is C21H22N4OS2. The molecule has 1 aromatic heterocycles. The number of carbonyl (C=O) groups is 1. The summed E-state index contributed by atoms with van der Waals surface area (Å²) in [7, 11) is 0. The molecule has 4 rings (SSSR count). The van der Waals surface area contributed by atoms with Crippen LogP contribution < -0.4 is 5.32 Å². The first-order valence-electron chi connectivity index (χ1n) is 9.37. The third-order valence-corrected chi connectivity index (χ3v) is 7.62. The second-order valence-corrected chi connectivity index (χ2v) is 9.25. The van der Waals surface area contributed by atoms with E-state index in [1.165, 1.54) is 23.5 Å². The van der Waals surface area contributed by atoms with Crippen LogP contribution in [0.2, 0.25) is 0 Å². The van der Waals surface area contributed by atoms with Gasteiger partial charge in [-0.05, 0) is 54.7 Å². The minimum absolute atomic E-state index is 0.107. The summed E-state index contributed by atoms with van der Waals surface area (Å²) in [5.41, 5.74) is 3.62. The molecular weight excluding hydrogens is 388 g/mol. The highest BCUT2D eigenvalue weighted by Gasteiger charge is 2.17. The lowest BCUT2D eigenvalue weighted by Gasteiger charge is -2.21. The fourth-order valence-electron chi connectivity index (χ4n) is 3.12. The van der Waals surface area contributed by atoms with Crippen LogP contribution in [0.25, 0.3) is 11.4 Å². The lowest BCUT2D eigenvalue weighted by molar-refractivity contribution is 0.102. The van der Waals surface area contributed by atoms with Crippen LogP contribution in [0.5, 0.6) is 0 Å². The Hall–Kier alpha value is -2.25. The lowest BCUT2D eigenvalue weighted by Crippen LogP contribution is -2.12. The molecule has 1 amide bonds. The zero-order chi connectivity index (χ0) is 19.3. The second-order valence-electron chi connectivity index (χ2n) is 6.52. The summed E-state index contributed by atoms with van der Waals surface area (Å²) >= 11 is 3.97. The molecule has 0 radical (unpaired) electrons. The molecule has 0 bridgehead atoms. The number of aryl methyl sites for hydroxylation is 1. The number of rotatable bonds is 5. The monoisotopic (exact) mass is 410 g/mol. The Labute approximate surface area is 173 Å². The number of hydrogen-bond donors (Lipinski definition) is 1. The SMILES string of the molecule is CCn1cnnc1-c1cccc(NC(=O)c2ccc(C3SCCCS3)cc2)c1. The van der Waals surface area contributed by atoms with Crippen molar-refractivity contribution < 1.29 is 4.79 Å². The Bertz CT molecular complexity index is 949. The van der Waals surface area contributed by atoms with Crippen LogP contribution in [0.15, 0.2) is 54.9 Å². The van der Waals surface area contributed by atoms with Gasteiger partial charge in [0.25, 0.3) is 5.91 Å². The van der Waals surface area contributed by atoms with Crippen LogP contribution in [-0.4, -0.2) is 32.2 Å². The highest BCUT2D eigenvalue weighted by molar-refractivity contribution is 8.16. The molecule has 2 heterocycles. The van der Waals surface area contributed by atoms with E-state index in [0.717, 1.165) is 23.6 Å². The van der Waals surface area contributed by atoms with Crippen molar-refractivity contribution in [2.45, 2.75) is 24.5 Å². The van der Waals surface area contributed by atoms with Crippen molar-refractivity contribution in [1.82, 2.24) is 14.8 Å². The lowest BCUT2D eigenvalue weighted by atomic mass is 10.1. The van der Waals surface area contributed by atoms with E-state index >= 15 is 0 Å². The standard InChI is InChI=1S/C21H22N4OS2/c1-2-25-14-22-24-19(25)17-5-3-6-18(13-17)23-20(26)15-7-9-16(10-8-15)21-27-11-4-12-28-21/h3,5-10,13-14,21H,2,4,11-12H2,1H3,(H,23,26). The zero-order valence-electron chi connectivity index (χ0n) is 15.7. The molecule has 144 valence electrons. The maximum Gasteiger partial charge on any atom is 0.255 e. The Morgan fingerprint density at radius 1 is 1.18 bits per heavy atom. The average molecular weight is 411 g/mol.